The van der Waals surface area contributed by atoms with E-state index in [1.807, 2.05) is 18.7 Å². The topological polar surface area (TPSA) is 91.5 Å². The first-order valence-electron chi connectivity index (χ1n) is 12.5. The first-order chi connectivity index (χ1) is 15.9. The monoisotopic (exact) mass is 457 g/mol. The predicted octanol–water partition coefficient (Wildman–Crippen LogP) is 3.99. The largest absolute Gasteiger partial charge is 0.461 e. The minimum atomic E-state index is -0.361. The molecule has 1 aromatic heterocycles. The van der Waals surface area contributed by atoms with E-state index in [0.29, 0.717) is 44.8 Å². The standard InChI is InChI=1S/C26H39N3O4/c1-4-33-26(32)24-18(2)22(19(3)28-24)12-13-23(30)29-16-8-11-21(17-29)25(31)27-15-14-20-9-6-5-7-10-20/h9,21,28H,4-8,10-17H2,1-3H3,(H,27,31)/t21-/m0/s1. The number of esters is 1. The SMILES string of the molecule is CCOC(=O)c1[nH]c(C)c(CCC(=O)N2CCC[C@H](C(=O)NCCC3=CCCCC3)C2)c1C. The first-order valence-corrected chi connectivity index (χ1v) is 12.5. The van der Waals surface area contributed by atoms with E-state index in [4.69, 9.17) is 4.74 Å². The van der Waals surface area contributed by atoms with E-state index >= 15 is 0 Å². The highest BCUT2D eigenvalue weighted by molar-refractivity contribution is 5.90. The van der Waals surface area contributed by atoms with Crippen molar-refractivity contribution in [1.29, 1.82) is 0 Å². The van der Waals surface area contributed by atoms with Crippen LogP contribution in [0.15, 0.2) is 11.6 Å². The summed E-state index contributed by atoms with van der Waals surface area (Å²) in [7, 11) is 0. The molecular weight excluding hydrogens is 418 g/mol. The van der Waals surface area contributed by atoms with Crippen molar-refractivity contribution in [1.82, 2.24) is 15.2 Å². The number of allylic oxidation sites excluding steroid dienone is 1. The van der Waals surface area contributed by atoms with Crippen molar-refractivity contribution in [3.63, 3.8) is 0 Å². The number of rotatable bonds is 9. The number of carbonyl (C=O) groups excluding carboxylic acids is 3. The summed E-state index contributed by atoms with van der Waals surface area (Å²) in [4.78, 5) is 42.6. The Hall–Kier alpha value is -2.57. The van der Waals surface area contributed by atoms with Crippen LogP contribution >= 0.6 is 0 Å². The van der Waals surface area contributed by atoms with Gasteiger partial charge in [-0.05, 0) is 83.3 Å². The third-order valence-corrected chi connectivity index (χ3v) is 6.94. The molecule has 0 saturated carbocycles. The number of aromatic nitrogens is 1. The maximum atomic E-state index is 12.9. The Labute approximate surface area is 197 Å². The molecule has 7 nitrogen and oxygen atoms in total. The quantitative estimate of drug-likeness (QED) is 0.433. The van der Waals surface area contributed by atoms with Crippen LogP contribution in [-0.2, 0) is 20.7 Å². The van der Waals surface area contributed by atoms with Crippen LogP contribution in [0.2, 0.25) is 0 Å². The number of carbonyl (C=O) groups is 3. The molecule has 1 saturated heterocycles. The lowest BCUT2D eigenvalue weighted by molar-refractivity contribution is -0.135. The third kappa shape index (κ3) is 6.71. The molecule has 33 heavy (non-hydrogen) atoms. The molecule has 2 heterocycles. The number of ether oxygens (including phenoxy) is 1. The van der Waals surface area contributed by atoms with Gasteiger partial charge >= 0.3 is 5.97 Å². The Kier molecular flexibility index (Phi) is 9.15. The summed E-state index contributed by atoms with van der Waals surface area (Å²) in [6, 6.07) is 0. The van der Waals surface area contributed by atoms with Crippen LogP contribution in [0.25, 0.3) is 0 Å². The second-order valence-corrected chi connectivity index (χ2v) is 9.28. The fraction of sp³-hybridized carbons (Fsp3) is 0.654. The van der Waals surface area contributed by atoms with Crippen LogP contribution in [0, 0.1) is 19.8 Å². The Morgan fingerprint density at radius 1 is 1.18 bits per heavy atom. The van der Waals surface area contributed by atoms with Gasteiger partial charge in [-0.15, -0.1) is 0 Å². The molecule has 1 fully saturated rings. The predicted molar refractivity (Wildman–Crippen MR) is 128 cm³/mol. The van der Waals surface area contributed by atoms with E-state index in [0.717, 1.165) is 48.9 Å². The van der Waals surface area contributed by atoms with E-state index in [1.54, 1.807) is 6.92 Å². The van der Waals surface area contributed by atoms with Crippen LogP contribution in [0.5, 0.6) is 0 Å². The maximum absolute atomic E-state index is 12.9. The van der Waals surface area contributed by atoms with Gasteiger partial charge in [0.1, 0.15) is 5.69 Å². The lowest BCUT2D eigenvalue weighted by Gasteiger charge is -2.32. The molecule has 1 atom stereocenters. The van der Waals surface area contributed by atoms with Crippen molar-refractivity contribution in [2.45, 2.75) is 78.6 Å². The summed E-state index contributed by atoms with van der Waals surface area (Å²) < 4.78 is 5.11. The fourth-order valence-corrected chi connectivity index (χ4v) is 5.00. The minimum absolute atomic E-state index is 0.0672. The lowest BCUT2D eigenvalue weighted by Crippen LogP contribution is -2.45. The Morgan fingerprint density at radius 2 is 2.00 bits per heavy atom. The van der Waals surface area contributed by atoms with Crippen LogP contribution < -0.4 is 5.32 Å². The first kappa shape index (κ1) is 25.1. The summed E-state index contributed by atoms with van der Waals surface area (Å²) in [6.45, 7) is 7.79. The number of hydrogen-bond acceptors (Lipinski definition) is 4. The highest BCUT2D eigenvalue weighted by Crippen LogP contribution is 2.23. The molecule has 0 unspecified atom stereocenters. The maximum Gasteiger partial charge on any atom is 0.355 e. The number of nitrogens with zero attached hydrogens (tertiary/aromatic N) is 1. The number of H-pyrrole nitrogens is 1. The Balaban J connectivity index is 1.48. The van der Waals surface area contributed by atoms with Crippen LogP contribution in [0.3, 0.4) is 0 Å². The summed E-state index contributed by atoms with van der Waals surface area (Å²) >= 11 is 0. The van der Waals surface area contributed by atoms with Gasteiger partial charge in [-0.3, -0.25) is 9.59 Å². The molecule has 2 amide bonds. The van der Waals surface area contributed by atoms with Crippen LogP contribution in [0.1, 0.15) is 85.6 Å². The van der Waals surface area contributed by atoms with Gasteiger partial charge in [0.25, 0.3) is 0 Å². The molecule has 2 aliphatic rings. The smallest absolute Gasteiger partial charge is 0.355 e. The molecule has 0 spiro atoms. The van der Waals surface area contributed by atoms with E-state index < -0.39 is 0 Å². The molecule has 1 aromatic rings. The number of hydrogen-bond donors (Lipinski definition) is 2. The molecular formula is C26H39N3O4. The molecule has 0 bridgehead atoms. The third-order valence-electron chi connectivity index (χ3n) is 6.94. The Bertz CT molecular complexity index is 886. The number of nitrogens with one attached hydrogen (secondary N) is 2. The van der Waals surface area contributed by atoms with Crippen molar-refractivity contribution in [2.24, 2.45) is 5.92 Å². The molecule has 1 aliphatic heterocycles. The molecule has 0 radical (unpaired) electrons. The molecule has 182 valence electrons. The summed E-state index contributed by atoms with van der Waals surface area (Å²) in [5, 5.41) is 3.09. The van der Waals surface area contributed by atoms with Crippen LogP contribution in [-0.4, -0.2) is 53.9 Å². The molecule has 1 aliphatic carbocycles. The molecule has 2 N–H and O–H groups in total. The lowest BCUT2D eigenvalue weighted by atomic mass is 9.95. The molecule has 7 heteroatoms. The van der Waals surface area contributed by atoms with E-state index in [2.05, 4.69) is 16.4 Å². The molecule has 0 aromatic carbocycles. The van der Waals surface area contributed by atoms with Gasteiger partial charge in [-0.1, -0.05) is 11.6 Å². The van der Waals surface area contributed by atoms with Crippen molar-refractivity contribution in [3.05, 3.63) is 34.2 Å². The molecule has 3 rings (SSSR count). The van der Waals surface area contributed by atoms with E-state index in [9.17, 15) is 14.4 Å². The number of likely N-dealkylation sites (tertiary alicyclic amines) is 1. The normalized spacial score (nSPS) is 18.6. The van der Waals surface area contributed by atoms with Crippen molar-refractivity contribution >= 4 is 17.8 Å². The number of aryl methyl sites for hydroxylation is 1. The van der Waals surface area contributed by atoms with Crippen LogP contribution in [0.4, 0.5) is 0 Å². The summed E-state index contributed by atoms with van der Waals surface area (Å²) in [5.74, 6) is -0.354. The van der Waals surface area contributed by atoms with Gasteiger partial charge in [0, 0.05) is 31.7 Å². The van der Waals surface area contributed by atoms with Gasteiger partial charge in [-0.25, -0.2) is 4.79 Å². The minimum Gasteiger partial charge on any atom is -0.461 e. The zero-order valence-electron chi connectivity index (χ0n) is 20.4. The van der Waals surface area contributed by atoms with E-state index in [1.165, 1.54) is 18.4 Å². The van der Waals surface area contributed by atoms with Crippen molar-refractivity contribution in [2.75, 3.05) is 26.2 Å². The Morgan fingerprint density at radius 3 is 2.73 bits per heavy atom. The summed E-state index contributed by atoms with van der Waals surface area (Å²) in [5.41, 5.74) is 4.67. The average molecular weight is 458 g/mol. The van der Waals surface area contributed by atoms with Crippen molar-refractivity contribution < 1.29 is 19.1 Å². The highest BCUT2D eigenvalue weighted by atomic mass is 16.5. The number of aromatic amines is 1. The van der Waals surface area contributed by atoms with Gasteiger partial charge in [-0.2, -0.15) is 0 Å². The highest BCUT2D eigenvalue weighted by Gasteiger charge is 2.28. The number of amides is 2. The van der Waals surface area contributed by atoms with Crippen molar-refractivity contribution in [3.8, 4) is 0 Å². The van der Waals surface area contributed by atoms with Gasteiger partial charge in [0.15, 0.2) is 0 Å². The zero-order chi connectivity index (χ0) is 23.8. The van der Waals surface area contributed by atoms with Gasteiger partial charge in [0.05, 0.1) is 12.5 Å². The zero-order valence-corrected chi connectivity index (χ0v) is 20.4. The second kappa shape index (κ2) is 12.1. The average Bonchev–Trinajstić information content (AvgIpc) is 3.11. The second-order valence-electron chi connectivity index (χ2n) is 9.28. The van der Waals surface area contributed by atoms with Gasteiger partial charge < -0.3 is 19.9 Å². The summed E-state index contributed by atoms with van der Waals surface area (Å²) in [6.07, 6.45) is 10.7. The number of piperidine rings is 1. The fourth-order valence-electron chi connectivity index (χ4n) is 5.00. The van der Waals surface area contributed by atoms with Gasteiger partial charge in [0.2, 0.25) is 11.8 Å². The van der Waals surface area contributed by atoms with E-state index in [-0.39, 0.29) is 23.7 Å².